The molecule has 0 nitrogen and oxygen atoms in total. The Balaban J connectivity index is 4.61. The maximum atomic E-state index is 4.38. The van der Waals surface area contributed by atoms with Crippen LogP contribution in [0.25, 0.3) is 0 Å². The molecule has 3 heteroatoms. The van der Waals surface area contributed by atoms with Gasteiger partial charge in [0, 0.05) is 0 Å². The van der Waals surface area contributed by atoms with Crippen molar-refractivity contribution in [2.45, 2.75) is 58.5 Å². The van der Waals surface area contributed by atoms with E-state index < -0.39 is 15.3 Å². The van der Waals surface area contributed by atoms with Crippen molar-refractivity contribution >= 4 is 26.5 Å². The molecule has 0 fully saturated rings. The molecule has 0 saturated heterocycles. The van der Waals surface area contributed by atoms with Gasteiger partial charge in [-0.15, -0.1) is 0 Å². The summed E-state index contributed by atoms with van der Waals surface area (Å²) in [6.45, 7) is 18.7. The lowest BCUT2D eigenvalue weighted by molar-refractivity contribution is 1.19. The molecule has 0 rings (SSSR count). The second kappa shape index (κ2) is 5.56. The topological polar surface area (TPSA) is 0 Å². The van der Waals surface area contributed by atoms with E-state index in [1.54, 1.807) is 4.53 Å². The minimum atomic E-state index is -1.13. The zero-order valence-corrected chi connectivity index (χ0v) is 13.6. The van der Waals surface area contributed by atoms with E-state index in [0.29, 0.717) is 0 Å². The van der Waals surface area contributed by atoms with E-state index in [9.17, 15) is 0 Å². The monoisotopic (exact) mass is 246 g/mol. The first kappa shape index (κ1) is 14.5. The number of rotatable bonds is 6. The van der Waals surface area contributed by atoms with E-state index in [0.717, 1.165) is 0 Å². The van der Waals surface area contributed by atoms with Crippen molar-refractivity contribution < 1.29 is 0 Å². The third-order valence-electron chi connectivity index (χ3n) is 3.05. The Labute approximate surface area is 96.2 Å². The molecule has 0 aliphatic rings. The minimum absolute atomic E-state index is 1.03. The van der Waals surface area contributed by atoms with Crippen molar-refractivity contribution in [2.75, 3.05) is 0 Å². The van der Waals surface area contributed by atoms with Crippen molar-refractivity contribution in [1.29, 1.82) is 0 Å². The van der Waals surface area contributed by atoms with Crippen LogP contribution < -0.4 is 0 Å². The average molecular weight is 247 g/mol. The van der Waals surface area contributed by atoms with E-state index in [2.05, 4.69) is 58.2 Å². The highest BCUT2D eigenvalue weighted by atomic mass is 32.4. The van der Waals surface area contributed by atoms with Crippen molar-refractivity contribution in [1.82, 2.24) is 0 Å². The van der Waals surface area contributed by atoms with Gasteiger partial charge in [0.15, 0.2) is 0 Å². The molecule has 0 aromatic heterocycles. The van der Waals surface area contributed by atoms with Crippen molar-refractivity contribution in [3.63, 3.8) is 0 Å². The zero-order valence-electron chi connectivity index (χ0n) is 10.7. The van der Waals surface area contributed by atoms with E-state index in [4.69, 9.17) is 0 Å². The Morgan fingerprint density at radius 3 is 1.57 bits per heavy atom. The summed E-state index contributed by atoms with van der Waals surface area (Å²) in [5.74, 6) is 0. The molecule has 0 aliphatic heterocycles. The Morgan fingerprint density at radius 1 is 1.00 bits per heavy atom. The van der Waals surface area contributed by atoms with Crippen LogP contribution >= 0.6 is 11.2 Å². The van der Waals surface area contributed by atoms with Crippen LogP contribution in [0.15, 0.2) is 11.1 Å². The molecule has 14 heavy (non-hydrogen) atoms. The quantitative estimate of drug-likeness (QED) is 0.587. The summed E-state index contributed by atoms with van der Waals surface area (Å²) in [7, 11) is -2.15. The summed E-state index contributed by atoms with van der Waals surface area (Å²) >= 11 is 2.14. The van der Waals surface area contributed by atoms with Gasteiger partial charge >= 0.3 is 0 Å². The fourth-order valence-corrected chi connectivity index (χ4v) is 14.3. The molecule has 0 spiro atoms. The van der Waals surface area contributed by atoms with E-state index >= 15 is 0 Å². The molecule has 0 atom stereocenters. The van der Waals surface area contributed by atoms with Gasteiger partial charge in [-0.1, -0.05) is 65.1 Å². The molecule has 0 bridgehead atoms. The van der Waals surface area contributed by atoms with Gasteiger partial charge in [-0.05, 0) is 4.53 Å². The molecule has 0 unspecified atom stereocenters. The van der Waals surface area contributed by atoms with Gasteiger partial charge in [0.05, 0.1) is 8.07 Å². The van der Waals surface area contributed by atoms with Gasteiger partial charge in [-0.3, -0.25) is 0 Å². The summed E-state index contributed by atoms with van der Waals surface area (Å²) in [4.78, 5) is 0. The van der Waals surface area contributed by atoms with Crippen LogP contribution in [-0.2, 0) is 0 Å². The lowest BCUT2D eigenvalue weighted by atomic mass is 10.9. The van der Waals surface area contributed by atoms with Gasteiger partial charge in [0.2, 0.25) is 0 Å². The number of hydrogen-bond acceptors (Lipinski definition) is 1. The summed E-state index contributed by atoms with van der Waals surface area (Å²) in [6, 6.07) is 4.11. The van der Waals surface area contributed by atoms with Crippen LogP contribution in [0.5, 0.6) is 0 Å². The summed E-state index contributed by atoms with van der Waals surface area (Å²) in [5.41, 5.74) is 0. The maximum absolute atomic E-state index is 4.38. The zero-order chi connectivity index (χ0) is 11.4. The highest BCUT2D eigenvalue weighted by Crippen LogP contribution is 2.38. The maximum Gasteiger partial charge on any atom is 0.113 e. The van der Waals surface area contributed by atoms with Gasteiger partial charge in [0.1, 0.15) is 7.22 Å². The van der Waals surface area contributed by atoms with Crippen LogP contribution in [0.1, 0.15) is 20.8 Å². The first-order valence-electron chi connectivity index (χ1n) is 5.69. The third kappa shape index (κ3) is 3.95. The first-order valence-corrected chi connectivity index (χ1v) is 13.4. The van der Waals surface area contributed by atoms with E-state index in [-0.39, 0.29) is 0 Å². The fraction of sp³-hybridized carbons (Fsp3) is 0.818. The standard InChI is InChI=1S/C11H26SSi2/c1-8-14(9-2,10-3)11(4)12-13(5,6)7/h4,8-10H2,1-3,5-7H3. The molecule has 0 amide bonds. The van der Waals surface area contributed by atoms with Gasteiger partial charge < -0.3 is 0 Å². The van der Waals surface area contributed by atoms with Crippen molar-refractivity contribution in [3.05, 3.63) is 11.1 Å². The van der Waals surface area contributed by atoms with Crippen molar-refractivity contribution in [2.24, 2.45) is 0 Å². The first-order chi connectivity index (χ1) is 6.31. The minimum Gasteiger partial charge on any atom is -0.161 e. The van der Waals surface area contributed by atoms with Crippen LogP contribution in [0.2, 0.25) is 37.8 Å². The van der Waals surface area contributed by atoms with Crippen LogP contribution in [0.3, 0.4) is 0 Å². The fourth-order valence-electron chi connectivity index (χ4n) is 1.82. The normalized spacial score (nSPS) is 13.0. The molecule has 84 valence electrons. The van der Waals surface area contributed by atoms with Gasteiger partial charge in [-0.25, -0.2) is 0 Å². The van der Waals surface area contributed by atoms with Crippen LogP contribution in [-0.4, -0.2) is 15.3 Å². The summed E-state index contributed by atoms with van der Waals surface area (Å²) < 4.78 is 1.57. The lowest BCUT2D eigenvalue weighted by Gasteiger charge is -2.33. The molecule has 0 radical (unpaired) electrons. The Morgan fingerprint density at radius 2 is 1.36 bits per heavy atom. The molecule has 0 N–H and O–H groups in total. The Kier molecular flexibility index (Phi) is 5.77. The number of hydrogen-bond donors (Lipinski definition) is 0. The molecule has 0 heterocycles. The lowest BCUT2D eigenvalue weighted by Crippen LogP contribution is -2.35. The molecule has 0 aromatic carbocycles. The second-order valence-electron chi connectivity index (χ2n) is 4.98. The second-order valence-corrected chi connectivity index (χ2v) is 19.8. The highest BCUT2D eigenvalue weighted by molar-refractivity contribution is 8.32. The molecule has 0 saturated carbocycles. The molecule has 0 aromatic rings. The van der Waals surface area contributed by atoms with E-state index in [1.165, 1.54) is 18.1 Å². The highest BCUT2D eigenvalue weighted by Gasteiger charge is 2.33. The Hall–Kier alpha value is 0.524. The largest absolute Gasteiger partial charge is 0.161 e. The van der Waals surface area contributed by atoms with Gasteiger partial charge in [0.25, 0.3) is 0 Å². The molecule has 0 aliphatic carbocycles. The average Bonchev–Trinajstić information content (AvgIpc) is 2.05. The Bertz CT molecular complexity index is 182. The van der Waals surface area contributed by atoms with Crippen molar-refractivity contribution in [3.8, 4) is 0 Å². The van der Waals surface area contributed by atoms with Crippen LogP contribution in [0, 0.1) is 0 Å². The SMILES string of the molecule is C=C(S[Si](C)(C)C)[Si](CC)(CC)CC. The van der Waals surface area contributed by atoms with E-state index in [1.807, 2.05) is 0 Å². The molecular formula is C11H26SSi2. The predicted molar refractivity (Wildman–Crippen MR) is 77.3 cm³/mol. The van der Waals surface area contributed by atoms with Gasteiger partial charge in [-0.2, -0.15) is 11.2 Å². The van der Waals surface area contributed by atoms with Crippen LogP contribution in [0.4, 0.5) is 0 Å². The summed E-state index contributed by atoms with van der Waals surface area (Å²) in [5, 5.41) is 0. The third-order valence-corrected chi connectivity index (χ3v) is 13.9. The smallest absolute Gasteiger partial charge is 0.113 e. The summed E-state index contributed by atoms with van der Waals surface area (Å²) in [6.07, 6.45) is 0. The molecular weight excluding hydrogens is 220 g/mol. The predicted octanol–water partition coefficient (Wildman–Crippen LogP) is 5.12.